The largest absolute Gasteiger partial charge is 0.362 e. The molecule has 166 valence electrons. The van der Waals surface area contributed by atoms with Crippen LogP contribution in [0.3, 0.4) is 0 Å². The van der Waals surface area contributed by atoms with E-state index < -0.39 is 0 Å². The van der Waals surface area contributed by atoms with Gasteiger partial charge >= 0.3 is 0 Å². The molecule has 0 radical (unpaired) electrons. The average molecular weight is 427 g/mol. The van der Waals surface area contributed by atoms with Gasteiger partial charge in [0.05, 0.1) is 5.56 Å². The van der Waals surface area contributed by atoms with E-state index in [0.717, 1.165) is 36.6 Å². The van der Waals surface area contributed by atoms with E-state index in [1.54, 1.807) is 6.07 Å². The summed E-state index contributed by atoms with van der Waals surface area (Å²) in [5.74, 6) is -0.649. The van der Waals surface area contributed by atoms with Gasteiger partial charge < -0.3 is 20.5 Å². The van der Waals surface area contributed by atoms with Gasteiger partial charge in [-0.3, -0.25) is 9.59 Å². The van der Waals surface area contributed by atoms with E-state index >= 15 is 0 Å². The normalized spacial score (nSPS) is 14.3. The maximum absolute atomic E-state index is 13.6. The van der Waals surface area contributed by atoms with Gasteiger partial charge in [-0.15, -0.1) is 0 Å². The first-order valence-electron chi connectivity index (χ1n) is 10.9. The standard InChI is InChI=1S/C24H31FN4O2/c1-5-29(6-2)13-12-26-24(31)22-15(3)20(27-16(22)4)9-7-8-18-19-14-17(25)10-11-21(19)28-23(18)30/h8,10-11,14,27H,5-7,9,12-13H2,1-4H3,(H,26,31)(H,28,30)/b18-8-. The van der Waals surface area contributed by atoms with Crippen LogP contribution in [0.4, 0.5) is 10.1 Å². The number of halogens is 1. The second-order valence-corrected chi connectivity index (χ2v) is 7.81. The molecule has 3 N–H and O–H groups in total. The molecular weight excluding hydrogens is 395 g/mol. The number of nitrogens with one attached hydrogen (secondary N) is 3. The first-order valence-corrected chi connectivity index (χ1v) is 10.9. The maximum Gasteiger partial charge on any atom is 0.256 e. The Labute approximate surface area is 182 Å². The summed E-state index contributed by atoms with van der Waals surface area (Å²) in [5, 5.41) is 5.78. The number of carbonyl (C=O) groups excluding carboxylic acids is 2. The summed E-state index contributed by atoms with van der Waals surface area (Å²) >= 11 is 0. The molecule has 7 heteroatoms. The van der Waals surface area contributed by atoms with Crippen LogP contribution in [0.25, 0.3) is 5.57 Å². The minimum Gasteiger partial charge on any atom is -0.362 e. The molecule has 0 spiro atoms. The number of fused-ring (bicyclic) bond motifs is 1. The Morgan fingerprint density at radius 1 is 1.23 bits per heavy atom. The Kier molecular flexibility index (Phi) is 7.28. The van der Waals surface area contributed by atoms with Crippen molar-refractivity contribution in [1.29, 1.82) is 0 Å². The molecule has 0 saturated heterocycles. The minimum absolute atomic E-state index is 0.0671. The highest BCUT2D eigenvalue weighted by atomic mass is 19.1. The molecule has 1 aromatic heterocycles. The number of rotatable bonds is 9. The van der Waals surface area contributed by atoms with Crippen molar-refractivity contribution < 1.29 is 14.0 Å². The summed E-state index contributed by atoms with van der Waals surface area (Å²) < 4.78 is 13.6. The van der Waals surface area contributed by atoms with Gasteiger partial charge in [-0.25, -0.2) is 4.39 Å². The highest BCUT2D eigenvalue weighted by molar-refractivity contribution is 6.31. The fourth-order valence-electron chi connectivity index (χ4n) is 4.08. The van der Waals surface area contributed by atoms with Crippen LogP contribution in [0, 0.1) is 19.7 Å². The molecule has 1 aliphatic heterocycles. The van der Waals surface area contributed by atoms with Crippen molar-refractivity contribution in [1.82, 2.24) is 15.2 Å². The molecule has 0 saturated carbocycles. The molecule has 1 aromatic carbocycles. The smallest absolute Gasteiger partial charge is 0.256 e. The SMILES string of the molecule is CCN(CC)CCNC(=O)c1c(C)[nH]c(CC/C=C2\C(=O)Nc3ccc(F)cc32)c1C. The number of aryl methyl sites for hydroxylation is 2. The molecule has 3 rings (SSSR count). The second-order valence-electron chi connectivity index (χ2n) is 7.81. The van der Waals surface area contributed by atoms with Crippen LogP contribution in [-0.2, 0) is 11.2 Å². The van der Waals surface area contributed by atoms with Crippen LogP contribution < -0.4 is 10.6 Å². The van der Waals surface area contributed by atoms with Crippen molar-refractivity contribution in [2.45, 2.75) is 40.5 Å². The number of allylic oxidation sites excluding steroid dienone is 1. The first-order chi connectivity index (χ1) is 14.8. The fourth-order valence-corrected chi connectivity index (χ4v) is 4.08. The van der Waals surface area contributed by atoms with Crippen LogP contribution in [0.1, 0.15) is 53.1 Å². The predicted octanol–water partition coefficient (Wildman–Crippen LogP) is 3.81. The van der Waals surface area contributed by atoms with Crippen molar-refractivity contribution in [3.8, 4) is 0 Å². The number of H-pyrrole nitrogens is 1. The third-order valence-electron chi connectivity index (χ3n) is 5.88. The van der Waals surface area contributed by atoms with Gasteiger partial charge in [0.1, 0.15) is 5.82 Å². The van der Waals surface area contributed by atoms with Crippen LogP contribution >= 0.6 is 0 Å². The molecule has 0 fully saturated rings. The van der Waals surface area contributed by atoms with E-state index in [4.69, 9.17) is 0 Å². The van der Waals surface area contributed by atoms with E-state index in [1.165, 1.54) is 12.1 Å². The first kappa shape index (κ1) is 22.7. The number of aromatic nitrogens is 1. The number of anilines is 1. The highest BCUT2D eigenvalue weighted by Gasteiger charge is 2.24. The summed E-state index contributed by atoms with van der Waals surface area (Å²) in [6, 6.07) is 4.29. The van der Waals surface area contributed by atoms with Crippen molar-refractivity contribution in [3.05, 3.63) is 58.2 Å². The summed E-state index contributed by atoms with van der Waals surface area (Å²) in [4.78, 5) is 30.5. The molecule has 2 aromatic rings. The van der Waals surface area contributed by atoms with E-state index in [2.05, 4.69) is 34.4 Å². The lowest BCUT2D eigenvalue weighted by atomic mass is 10.0. The van der Waals surface area contributed by atoms with Crippen LogP contribution in [-0.4, -0.2) is 47.9 Å². The number of hydrogen-bond acceptors (Lipinski definition) is 3. The Morgan fingerprint density at radius 2 is 1.97 bits per heavy atom. The van der Waals surface area contributed by atoms with Crippen LogP contribution in [0.2, 0.25) is 0 Å². The van der Waals surface area contributed by atoms with Gasteiger partial charge in [-0.05, 0) is 63.5 Å². The Hall–Kier alpha value is -2.93. The molecule has 0 unspecified atom stereocenters. The number of benzene rings is 1. The lowest BCUT2D eigenvalue weighted by Gasteiger charge is -2.18. The van der Waals surface area contributed by atoms with Gasteiger partial charge in [0.15, 0.2) is 0 Å². The summed E-state index contributed by atoms with van der Waals surface area (Å²) in [5.41, 5.74) is 5.15. The van der Waals surface area contributed by atoms with Crippen molar-refractivity contribution in [3.63, 3.8) is 0 Å². The molecular formula is C24H31FN4O2. The zero-order chi connectivity index (χ0) is 22.5. The topological polar surface area (TPSA) is 77.2 Å². The molecule has 31 heavy (non-hydrogen) atoms. The van der Waals surface area contributed by atoms with Crippen molar-refractivity contribution in [2.24, 2.45) is 0 Å². The van der Waals surface area contributed by atoms with Gasteiger partial charge in [0.25, 0.3) is 11.8 Å². The van der Waals surface area contributed by atoms with E-state index in [1.807, 2.05) is 19.9 Å². The number of carbonyl (C=O) groups is 2. The zero-order valence-electron chi connectivity index (χ0n) is 18.7. The Balaban J connectivity index is 1.65. The molecule has 6 nitrogen and oxygen atoms in total. The summed E-state index contributed by atoms with van der Waals surface area (Å²) in [6.07, 6.45) is 3.09. The fraction of sp³-hybridized carbons (Fsp3) is 0.417. The van der Waals surface area contributed by atoms with Gasteiger partial charge in [-0.1, -0.05) is 19.9 Å². The summed E-state index contributed by atoms with van der Waals surface area (Å²) in [7, 11) is 0. The second kappa shape index (κ2) is 9.92. The Bertz CT molecular complexity index is 1010. The molecule has 0 aliphatic carbocycles. The number of nitrogens with zero attached hydrogens (tertiary/aromatic N) is 1. The summed E-state index contributed by atoms with van der Waals surface area (Å²) in [6.45, 7) is 11.4. The van der Waals surface area contributed by atoms with Gasteiger partial charge in [-0.2, -0.15) is 0 Å². The zero-order valence-corrected chi connectivity index (χ0v) is 18.7. The predicted molar refractivity (Wildman–Crippen MR) is 122 cm³/mol. The highest BCUT2D eigenvalue weighted by Crippen LogP contribution is 2.32. The van der Waals surface area contributed by atoms with E-state index in [9.17, 15) is 14.0 Å². The average Bonchev–Trinajstić information content (AvgIpc) is 3.20. The van der Waals surface area contributed by atoms with Crippen LogP contribution in [0.5, 0.6) is 0 Å². The monoisotopic (exact) mass is 426 g/mol. The number of likely N-dealkylation sites (N-methyl/N-ethyl adjacent to an activating group) is 1. The maximum atomic E-state index is 13.6. The number of aromatic amines is 1. The molecule has 0 bridgehead atoms. The van der Waals surface area contributed by atoms with E-state index in [0.29, 0.717) is 41.8 Å². The molecule has 2 amide bonds. The minimum atomic E-state index is -0.367. The third-order valence-corrected chi connectivity index (χ3v) is 5.88. The number of hydrogen-bond donors (Lipinski definition) is 3. The molecule has 2 heterocycles. The van der Waals surface area contributed by atoms with Crippen LogP contribution in [0.15, 0.2) is 24.3 Å². The van der Waals surface area contributed by atoms with Crippen molar-refractivity contribution in [2.75, 3.05) is 31.5 Å². The van der Waals surface area contributed by atoms with Gasteiger partial charge in [0.2, 0.25) is 0 Å². The van der Waals surface area contributed by atoms with Crippen molar-refractivity contribution >= 4 is 23.1 Å². The quantitative estimate of drug-likeness (QED) is 0.534. The molecule has 0 atom stereocenters. The lowest BCUT2D eigenvalue weighted by Crippen LogP contribution is -2.35. The lowest BCUT2D eigenvalue weighted by molar-refractivity contribution is -0.110. The number of amides is 2. The third kappa shape index (κ3) is 5.05. The van der Waals surface area contributed by atoms with Gasteiger partial charge in [0, 0.05) is 41.3 Å². The Morgan fingerprint density at radius 3 is 2.68 bits per heavy atom. The molecule has 1 aliphatic rings. The van der Waals surface area contributed by atoms with E-state index in [-0.39, 0.29) is 17.6 Å².